The van der Waals surface area contributed by atoms with Gasteiger partial charge in [-0.1, -0.05) is 18.2 Å². The van der Waals surface area contributed by atoms with Crippen LogP contribution in [-0.2, 0) is 6.54 Å². The van der Waals surface area contributed by atoms with Gasteiger partial charge in [-0.05, 0) is 25.8 Å². The van der Waals surface area contributed by atoms with Gasteiger partial charge in [-0.2, -0.15) is 0 Å². The Hall–Kier alpha value is -1.31. The second-order valence-electron chi connectivity index (χ2n) is 4.52. The molecule has 6 heteroatoms. The molecule has 0 aromatic carbocycles. The highest BCUT2D eigenvalue weighted by atomic mass is 127. The minimum atomic E-state index is 0. The summed E-state index contributed by atoms with van der Waals surface area (Å²) in [4.78, 5) is 15.6. The molecule has 20 heavy (non-hydrogen) atoms. The first-order valence-corrected chi connectivity index (χ1v) is 6.43. The lowest BCUT2D eigenvalue weighted by atomic mass is 10.3. The maximum absolute atomic E-state index is 11.4. The van der Waals surface area contributed by atoms with Crippen LogP contribution in [0, 0.1) is 0 Å². The van der Waals surface area contributed by atoms with E-state index < -0.39 is 0 Å². The molecule has 0 radical (unpaired) electrons. The molecule has 0 unspecified atom stereocenters. The molecule has 1 aromatic heterocycles. The van der Waals surface area contributed by atoms with Gasteiger partial charge in [0.15, 0.2) is 5.96 Å². The second-order valence-corrected chi connectivity index (χ2v) is 4.52. The Morgan fingerprint density at radius 1 is 1.45 bits per heavy atom. The fourth-order valence-electron chi connectivity index (χ4n) is 1.55. The minimum Gasteiger partial charge on any atom is -0.370 e. The Balaban J connectivity index is 0.00000361. The quantitative estimate of drug-likeness (QED) is 0.245. The van der Waals surface area contributed by atoms with Gasteiger partial charge >= 0.3 is 0 Å². The van der Waals surface area contributed by atoms with Crippen molar-refractivity contribution in [1.29, 1.82) is 0 Å². The van der Waals surface area contributed by atoms with Gasteiger partial charge in [0.25, 0.3) is 0 Å². The Bertz CT molecular complexity index is 496. The highest BCUT2D eigenvalue weighted by Gasteiger charge is 1.95. The van der Waals surface area contributed by atoms with Crippen LogP contribution in [0.4, 0.5) is 0 Å². The molecule has 1 heterocycles. The lowest BCUT2D eigenvalue weighted by Crippen LogP contribution is -2.32. The zero-order chi connectivity index (χ0) is 14.1. The Morgan fingerprint density at radius 2 is 2.20 bits per heavy atom. The van der Waals surface area contributed by atoms with Crippen molar-refractivity contribution in [2.75, 3.05) is 13.1 Å². The summed E-state index contributed by atoms with van der Waals surface area (Å²) in [6.45, 7) is 7.70. The standard InChI is InChI=1S/C14H22N4O.HI/c1-12(2)11-17-14(15)16-8-4-6-10-18-9-5-3-7-13(18)19;/h3,5,7,9H,1,4,6,8,10-11H2,2H3,(H3,15,16,17);1H. The normalized spacial score (nSPS) is 10.8. The summed E-state index contributed by atoms with van der Waals surface area (Å²) in [6.07, 6.45) is 3.66. The average Bonchev–Trinajstić information content (AvgIpc) is 2.38. The number of nitrogens with two attached hydrogens (primary N) is 1. The molecule has 0 amide bonds. The van der Waals surface area contributed by atoms with Gasteiger partial charge in [0.1, 0.15) is 0 Å². The zero-order valence-electron chi connectivity index (χ0n) is 11.8. The van der Waals surface area contributed by atoms with E-state index in [1.165, 1.54) is 0 Å². The minimum absolute atomic E-state index is 0. The van der Waals surface area contributed by atoms with Gasteiger partial charge in [-0.15, -0.1) is 24.0 Å². The van der Waals surface area contributed by atoms with Crippen LogP contribution in [-0.4, -0.2) is 23.6 Å². The van der Waals surface area contributed by atoms with Crippen LogP contribution in [0.5, 0.6) is 0 Å². The van der Waals surface area contributed by atoms with E-state index in [1.807, 2.05) is 13.0 Å². The van der Waals surface area contributed by atoms with Crippen molar-refractivity contribution in [2.45, 2.75) is 26.3 Å². The number of nitrogens with one attached hydrogen (secondary N) is 1. The number of aliphatic imine (C=N–C) groups is 1. The van der Waals surface area contributed by atoms with Crippen molar-refractivity contribution in [2.24, 2.45) is 10.7 Å². The van der Waals surface area contributed by atoms with Crippen LogP contribution in [0.25, 0.3) is 0 Å². The number of hydrogen-bond donors (Lipinski definition) is 2. The highest BCUT2D eigenvalue weighted by Crippen LogP contribution is 1.92. The van der Waals surface area contributed by atoms with Gasteiger partial charge in [0, 0.05) is 25.4 Å². The van der Waals surface area contributed by atoms with Gasteiger partial charge in [-0.3, -0.25) is 4.79 Å². The number of aromatic nitrogens is 1. The molecular formula is C14H23IN4O. The number of nitrogens with zero attached hydrogens (tertiary/aromatic N) is 2. The first-order chi connectivity index (χ1) is 9.09. The number of guanidine groups is 1. The van der Waals surface area contributed by atoms with Crippen LogP contribution in [0.2, 0.25) is 0 Å². The Morgan fingerprint density at radius 3 is 2.85 bits per heavy atom. The number of unbranched alkanes of at least 4 members (excludes halogenated alkanes) is 1. The molecule has 112 valence electrons. The molecule has 0 aliphatic heterocycles. The van der Waals surface area contributed by atoms with Crippen LogP contribution in [0.15, 0.2) is 46.3 Å². The SMILES string of the molecule is C=C(C)CN=C(N)NCCCCn1ccccc1=O.I. The Labute approximate surface area is 137 Å². The zero-order valence-corrected chi connectivity index (χ0v) is 14.2. The number of halogens is 1. The van der Waals surface area contributed by atoms with E-state index in [-0.39, 0.29) is 29.5 Å². The highest BCUT2D eigenvalue weighted by molar-refractivity contribution is 14.0. The molecule has 0 saturated carbocycles. The lowest BCUT2D eigenvalue weighted by Gasteiger charge is -2.07. The molecule has 3 N–H and O–H groups in total. The molecule has 5 nitrogen and oxygen atoms in total. The van der Waals surface area contributed by atoms with Gasteiger partial charge in [0.05, 0.1) is 6.54 Å². The number of hydrogen-bond acceptors (Lipinski definition) is 2. The fourth-order valence-corrected chi connectivity index (χ4v) is 1.55. The molecular weight excluding hydrogens is 367 g/mol. The summed E-state index contributed by atoms with van der Waals surface area (Å²) < 4.78 is 1.71. The molecule has 0 bridgehead atoms. The van der Waals surface area contributed by atoms with Crippen molar-refractivity contribution in [3.63, 3.8) is 0 Å². The van der Waals surface area contributed by atoms with Crippen LogP contribution >= 0.6 is 24.0 Å². The summed E-state index contributed by atoms with van der Waals surface area (Å²) in [5.41, 5.74) is 6.70. The predicted octanol–water partition coefficient (Wildman–Crippen LogP) is 1.73. The van der Waals surface area contributed by atoms with Crippen molar-refractivity contribution in [3.05, 3.63) is 46.9 Å². The van der Waals surface area contributed by atoms with E-state index >= 15 is 0 Å². The third-order valence-electron chi connectivity index (χ3n) is 2.55. The number of rotatable bonds is 7. The van der Waals surface area contributed by atoms with E-state index in [0.717, 1.165) is 31.5 Å². The Kier molecular flexibility index (Phi) is 9.79. The third kappa shape index (κ3) is 7.98. The monoisotopic (exact) mass is 390 g/mol. The second kappa shape index (κ2) is 10.5. The van der Waals surface area contributed by atoms with E-state index in [1.54, 1.807) is 22.9 Å². The summed E-state index contributed by atoms with van der Waals surface area (Å²) in [6, 6.07) is 5.18. The molecule has 0 fully saturated rings. The predicted molar refractivity (Wildman–Crippen MR) is 94.7 cm³/mol. The molecule has 0 spiro atoms. The van der Waals surface area contributed by atoms with Gasteiger partial charge < -0.3 is 15.6 Å². The first kappa shape index (κ1) is 18.7. The van der Waals surface area contributed by atoms with E-state index in [4.69, 9.17) is 5.73 Å². The largest absolute Gasteiger partial charge is 0.370 e. The van der Waals surface area contributed by atoms with E-state index in [2.05, 4.69) is 16.9 Å². The summed E-state index contributed by atoms with van der Waals surface area (Å²) in [5, 5.41) is 3.04. The van der Waals surface area contributed by atoms with E-state index in [0.29, 0.717) is 12.5 Å². The molecule has 0 saturated heterocycles. The van der Waals surface area contributed by atoms with Crippen molar-refractivity contribution >= 4 is 29.9 Å². The smallest absolute Gasteiger partial charge is 0.250 e. The fraction of sp³-hybridized carbons (Fsp3) is 0.429. The average molecular weight is 390 g/mol. The van der Waals surface area contributed by atoms with Crippen molar-refractivity contribution < 1.29 is 0 Å². The van der Waals surface area contributed by atoms with Crippen LogP contribution in [0.1, 0.15) is 19.8 Å². The molecule has 0 aliphatic rings. The van der Waals surface area contributed by atoms with Crippen LogP contribution < -0.4 is 16.6 Å². The number of aryl methyl sites for hydroxylation is 1. The summed E-state index contributed by atoms with van der Waals surface area (Å²) in [7, 11) is 0. The maximum Gasteiger partial charge on any atom is 0.250 e. The summed E-state index contributed by atoms with van der Waals surface area (Å²) in [5.74, 6) is 0.444. The van der Waals surface area contributed by atoms with E-state index in [9.17, 15) is 4.79 Å². The molecule has 1 rings (SSSR count). The van der Waals surface area contributed by atoms with Crippen molar-refractivity contribution in [1.82, 2.24) is 9.88 Å². The summed E-state index contributed by atoms with van der Waals surface area (Å²) >= 11 is 0. The van der Waals surface area contributed by atoms with Crippen LogP contribution in [0.3, 0.4) is 0 Å². The molecule has 0 aliphatic carbocycles. The molecule has 0 atom stereocenters. The van der Waals surface area contributed by atoms with Crippen molar-refractivity contribution in [3.8, 4) is 0 Å². The van der Waals surface area contributed by atoms with Gasteiger partial charge in [-0.25, -0.2) is 4.99 Å². The lowest BCUT2D eigenvalue weighted by molar-refractivity contribution is 0.587. The first-order valence-electron chi connectivity index (χ1n) is 6.43. The molecule has 1 aromatic rings. The third-order valence-corrected chi connectivity index (χ3v) is 2.55. The maximum atomic E-state index is 11.4. The topological polar surface area (TPSA) is 72.4 Å². The number of pyridine rings is 1. The van der Waals surface area contributed by atoms with Gasteiger partial charge in [0.2, 0.25) is 5.56 Å².